The van der Waals surface area contributed by atoms with Gasteiger partial charge in [-0.15, -0.1) is 0 Å². The van der Waals surface area contributed by atoms with Crippen molar-refractivity contribution in [2.24, 2.45) is 17.1 Å². The molecule has 3 N–H and O–H groups in total. The van der Waals surface area contributed by atoms with Crippen LogP contribution in [-0.4, -0.2) is 41.5 Å². The van der Waals surface area contributed by atoms with Crippen molar-refractivity contribution in [1.82, 2.24) is 4.90 Å². The van der Waals surface area contributed by atoms with Crippen LogP contribution in [0.2, 0.25) is 0 Å². The van der Waals surface area contributed by atoms with E-state index in [1.54, 1.807) is 4.90 Å². The third kappa shape index (κ3) is 2.91. The summed E-state index contributed by atoms with van der Waals surface area (Å²) in [5, 5.41) is 9.11. The third-order valence-corrected chi connectivity index (χ3v) is 4.71. The number of carbonyl (C=O) groups is 2. The molecule has 2 aliphatic rings. The van der Waals surface area contributed by atoms with E-state index >= 15 is 0 Å². The van der Waals surface area contributed by atoms with Crippen LogP contribution in [0.4, 0.5) is 0 Å². The van der Waals surface area contributed by atoms with Crippen LogP contribution in [0.5, 0.6) is 0 Å². The molecule has 1 saturated carbocycles. The van der Waals surface area contributed by atoms with Crippen LogP contribution >= 0.6 is 0 Å². The Hall–Kier alpha value is -1.10. The molecular weight excluding hydrogens is 244 g/mol. The lowest BCUT2D eigenvalue weighted by molar-refractivity contribution is -0.150. The van der Waals surface area contributed by atoms with Gasteiger partial charge in [-0.3, -0.25) is 9.59 Å². The average molecular weight is 268 g/mol. The van der Waals surface area contributed by atoms with Crippen molar-refractivity contribution >= 4 is 11.9 Å². The number of hydrogen-bond acceptors (Lipinski definition) is 3. The van der Waals surface area contributed by atoms with E-state index in [1.165, 1.54) is 6.42 Å². The quantitative estimate of drug-likeness (QED) is 0.806. The summed E-state index contributed by atoms with van der Waals surface area (Å²) in [5.74, 6) is -1.10. The van der Waals surface area contributed by atoms with E-state index in [0.717, 1.165) is 32.1 Å². The highest BCUT2D eigenvalue weighted by atomic mass is 16.4. The van der Waals surface area contributed by atoms with Crippen molar-refractivity contribution in [3.63, 3.8) is 0 Å². The topological polar surface area (TPSA) is 83.6 Å². The summed E-state index contributed by atoms with van der Waals surface area (Å²) in [5.41, 5.74) is 5.46. The Morgan fingerprint density at radius 1 is 1.21 bits per heavy atom. The number of hydrogen-bond donors (Lipinski definition) is 2. The van der Waals surface area contributed by atoms with Crippen molar-refractivity contribution in [3.05, 3.63) is 0 Å². The molecular formula is C14H24N2O3. The molecule has 0 unspecified atom stereocenters. The van der Waals surface area contributed by atoms with Crippen LogP contribution in [0, 0.1) is 11.3 Å². The second-order valence-electron chi connectivity index (χ2n) is 5.97. The number of nitrogens with zero attached hydrogens (tertiary/aromatic N) is 1. The molecule has 0 aromatic carbocycles. The minimum atomic E-state index is -0.789. The van der Waals surface area contributed by atoms with Gasteiger partial charge in [0.15, 0.2) is 0 Å². The van der Waals surface area contributed by atoms with Gasteiger partial charge >= 0.3 is 5.97 Å². The van der Waals surface area contributed by atoms with Gasteiger partial charge in [-0.2, -0.15) is 0 Å². The molecule has 0 bridgehead atoms. The van der Waals surface area contributed by atoms with Crippen molar-refractivity contribution in [1.29, 1.82) is 0 Å². The number of carboxylic acids is 1. The first-order valence-electron chi connectivity index (χ1n) is 7.31. The first-order valence-corrected chi connectivity index (χ1v) is 7.31. The molecule has 1 atom stereocenters. The van der Waals surface area contributed by atoms with Gasteiger partial charge in [0.2, 0.25) is 5.91 Å². The fourth-order valence-electron chi connectivity index (χ4n) is 3.43. The number of piperidine rings is 1. The Labute approximate surface area is 114 Å². The second-order valence-corrected chi connectivity index (χ2v) is 5.97. The Bertz CT molecular complexity index is 351. The number of amides is 1. The molecule has 0 aromatic rings. The van der Waals surface area contributed by atoms with E-state index < -0.39 is 17.3 Å². The highest BCUT2D eigenvalue weighted by Crippen LogP contribution is 2.38. The van der Waals surface area contributed by atoms with Crippen molar-refractivity contribution in [2.45, 2.75) is 44.9 Å². The van der Waals surface area contributed by atoms with E-state index in [9.17, 15) is 9.59 Å². The molecule has 1 saturated heterocycles. The van der Waals surface area contributed by atoms with Gasteiger partial charge in [-0.05, 0) is 25.7 Å². The minimum absolute atomic E-state index is 0.0978. The summed E-state index contributed by atoms with van der Waals surface area (Å²) in [6.07, 6.45) is 6.45. The highest BCUT2D eigenvalue weighted by Gasteiger charge is 2.42. The number of carbonyl (C=O) groups excluding carboxylic acids is 1. The first kappa shape index (κ1) is 14.3. The molecule has 0 spiro atoms. The molecule has 5 heteroatoms. The Morgan fingerprint density at radius 3 is 2.47 bits per heavy atom. The van der Waals surface area contributed by atoms with Crippen LogP contribution < -0.4 is 5.73 Å². The van der Waals surface area contributed by atoms with Crippen LogP contribution in [0.1, 0.15) is 44.9 Å². The maximum atomic E-state index is 12.7. The van der Waals surface area contributed by atoms with Gasteiger partial charge in [-0.1, -0.05) is 19.3 Å². The summed E-state index contributed by atoms with van der Waals surface area (Å²) in [6.45, 7) is 1.43. The standard InChI is InChI=1S/C14H24N2O3/c15-10-14(6-2-1-3-7-14)13(19)16-8-4-5-11(9-16)12(17)18/h11H,1-10,15H2,(H,17,18)/t11-/m1/s1. The maximum Gasteiger partial charge on any atom is 0.308 e. The van der Waals surface area contributed by atoms with Gasteiger partial charge in [0.25, 0.3) is 0 Å². The van der Waals surface area contributed by atoms with Crippen molar-refractivity contribution in [2.75, 3.05) is 19.6 Å². The minimum Gasteiger partial charge on any atom is -0.481 e. The fraction of sp³-hybridized carbons (Fsp3) is 0.857. The van der Waals surface area contributed by atoms with E-state index in [4.69, 9.17) is 10.8 Å². The lowest BCUT2D eigenvalue weighted by Crippen LogP contribution is -2.52. The Kier molecular flexibility index (Phi) is 4.45. The number of likely N-dealkylation sites (tertiary alicyclic amines) is 1. The average Bonchev–Trinajstić information content (AvgIpc) is 2.47. The van der Waals surface area contributed by atoms with Crippen molar-refractivity contribution in [3.8, 4) is 0 Å². The fourth-order valence-corrected chi connectivity index (χ4v) is 3.43. The number of carboxylic acid groups (broad SMARTS) is 1. The van der Waals surface area contributed by atoms with Gasteiger partial charge in [0.05, 0.1) is 11.3 Å². The molecule has 5 nitrogen and oxygen atoms in total. The monoisotopic (exact) mass is 268 g/mol. The summed E-state index contributed by atoms with van der Waals surface area (Å²) >= 11 is 0. The number of aliphatic carboxylic acids is 1. The van der Waals surface area contributed by atoms with Crippen molar-refractivity contribution < 1.29 is 14.7 Å². The van der Waals surface area contributed by atoms with E-state index in [2.05, 4.69) is 0 Å². The zero-order valence-corrected chi connectivity index (χ0v) is 11.4. The number of nitrogens with two attached hydrogens (primary N) is 1. The largest absolute Gasteiger partial charge is 0.481 e. The van der Waals surface area contributed by atoms with Crippen LogP contribution in [0.25, 0.3) is 0 Å². The molecule has 1 heterocycles. The summed E-state index contributed by atoms with van der Waals surface area (Å²) in [6, 6.07) is 0. The Balaban J connectivity index is 2.06. The van der Waals surface area contributed by atoms with E-state index in [-0.39, 0.29) is 5.91 Å². The van der Waals surface area contributed by atoms with Crippen LogP contribution in [-0.2, 0) is 9.59 Å². The molecule has 0 aromatic heterocycles. The molecule has 108 valence electrons. The molecule has 1 aliphatic heterocycles. The summed E-state index contributed by atoms with van der Waals surface area (Å²) in [7, 11) is 0. The second kappa shape index (κ2) is 5.90. The van der Waals surface area contributed by atoms with E-state index in [0.29, 0.717) is 26.1 Å². The Morgan fingerprint density at radius 2 is 1.89 bits per heavy atom. The SMILES string of the molecule is NCC1(C(=O)N2CCC[C@@H](C(=O)O)C2)CCCCC1. The lowest BCUT2D eigenvalue weighted by Gasteiger charge is -2.41. The molecule has 19 heavy (non-hydrogen) atoms. The first-order chi connectivity index (χ1) is 9.09. The van der Waals surface area contributed by atoms with Gasteiger partial charge in [0, 0.05) is 19.6 Å². The lowest BCUT2D eigenvalue weighted by atomic mass is 9.72. The molecule has 2 rings (SSSR count). The smallest absolute Gasteiger partial charge is 0.308 e. The van der Waals surface area contributed by atoms with Gasteiger partial charge in [0.1, 0.15) is 0 Å². The third-order valence-electron chi connectivity index (χ3n) is 4.71. The predicted molar refractivity (Wildman–Crippen MR) is 71.5 cm³/mol. The summed E-state index contributed by atoms with van der Waals surface area (Å²) < 4.78 is 0. The summed E-state index contributed by atoms with van der Waals surface area (Å²) in [4.78, 5) is 25.6. The van der Waals surface area contributed by atoms with E-state index in [1.807, 2.05) is 0 Å². The number of rotatable bonds is 3. The zero-order valence-electron chi connectivity index (χ0n) is 11.4. The molecule has 2 fully saturated rings. The normalized spacial score (nSPS) is 27.0. The zero-order chi connectivity index (χ0) is 13.9. The van der Waals surface area contributed by atoms with Gasteiger partial charge in [-0.25, -0.2) is 0 Å². The molecule has 1 aliphatic carbocycles. The molecule has 0 radical (unpaired) electrons. The predicted octanol–water partition coefficient (Wildman–Crippen LogP) is 1.22. The van der Waals surface area contributed by atoms with Crippen LogP contribution in [0.3, 0.4) is 0 Å². The highest BCUT2D eigenvalue weighted by molar-refractivity contribution is 5.84. The molecule has 1 amide bonds. The maximum absolute atomic E-state index is 12.7. The van der Waals surface area contributed by atoms with Crippen LogP contribution in [0.15, 0.2) is 0 Å². The van der Waals surface area contributed by atoms with Gasteiger partial charge < -0.3 is 15.7 Å².